The summed E-state index contributed by atoms with van der Waals surface area (Å²) in [4.78, 5) is 2.55. The van der Waals surface area contributed by atoms with E-state index in [-0.39, 0.29) is 6.10 Å². The van der Waals surface area contributed by atoms with Gasteiger partial charge in [0.25, 0.3) is 0 Å². The number of rotatable bonds is 3. The van der Waals surface area contributed by atoms with E-state index in [0.29, 0.717) is 0 Å². The van der Waals surface area contributed by atoms with E-state index in [0.717, 1.165) is 24.1 Å². The number of aliphatic hydroxyl groups excluding tert-OH is 1. The van der Waals surface area contributed by atoms with Crippen LogP contribution in [0.2, 0.25) is 0 Å². The topological polar surface area (TPSA) is 23.5 Å². The maximum Gasteiger partial charge on any atom is 0.0917 e. The van der Waals surface area contributed by atoms with E-state index in [9.17, 15) is 5.11 Å². The summed E-state index contributed by atoms with van der Waals surface area (Å²) in [5.74, 6) is 0.902. The third-order valence-corrected chi connectivity index (χ3v) is 4.98. The Labute approximate surface area is 116 Å². The quantitative estimate of drug-likeness (QED) is 0.900. The summed E-state index contributed by atoms with van der Waals surface area (Å²) >= 11 is 0. The summed E-state index contributed by atoms with van der Waals surface area (Å²) in [6.45, 7) is 4.07. The Balaban J connectivity index is 1.65. The fraction of sp³-hybridized carbons (Fsp3) is 0.647. The molecule has 0 radical (unpaired) electrons. The Hall–Kier alpha value is -0.860. The molecule has 0 aromatic heterocycles. The fourth-order valence-electron chi connectivity index (χ4n) is 3.90. The van der Waals surface area contributed by atoms with E-state index < -0.39 is 0 Å². The monoisotopic (exact) mass is 259 g/mol. The Bertz CT molecular complexity index is 414. The fourth-order valence-corrected chi connectivity index (χ4v) is 3.90. The van der Waals surface area contributed by atoms with Crippen molar-refractivity contribution in [3.8, 4) is 0 Å². The Morgan fingerprint density at radius 2 is 1.89 bits per heavy atom. The zero-order valence-corrected chi connectivity index (χ0v) is 11.9. The molecular formula is C17H25NO. The first kappa shape index (κ1) is 13.1. The molecule has 3 rings (SSSR count). The van der Waals surface area contributed by atoms with Gasteiger partial charge >= 0.3 is 0 Å². The van der Waals surface area contributed by atoms with Crippen LogP contribution in [-0.4, -0.2) is 29.1 Å². The molecule has 1 saturated heterocycles. The maximum atomic E-state index is 10.4. The van der Waals surface area contributed by atoms with Gasteiger partial charge in [0.05, 0.1) is 6.10 Å². The van der Waals surface area contributed by atoms with Crippen LogP contribution < -0.4 is 0 Å². The zero-order valence-electron chi connectivity index (χ0n) is 11.9. The molecule has 1 N–H and O–H groups in total. The van der Waals surface area contributed by atoms with Crippen molar-refractivity contribution in [1.82, 2.24) is 4.90 Å². The molecule has 1 aromatic rings. The first-order valence-electron chi connectivity index (χ1n) is 7.73. The molecule has 1 aromatic carbocycles. The minimum absolute atomic E-state index is 0.333. The lowest BCUT2D eigenvalue weighted by Crippen LogP contribution is -2.44. The molecule has 19 heavy (non-hydrogen) atoms. The maximum absolute atomic E-state index is 10.4. The van der Waals surface area contributed by atoms with Crippen LogP contribution in [0.1, 0.15) is 49.3 Å². The van der Waals surface area contributed by atoms with E-state index in [1.165, 1.54) is 44.2 Å². The highest BCUT2D eigenvalue weighted by molar-refractivity contribution is 5.23. The van der Waals surface area contributed by atoms with Gasteiger partial charge in [-0.15, -0.1) is 0 Å². The second-order valence-electron chi connectivity index (χ2n) is 6.32. The van der Waals surface area contributed by atoms with Crippen LogP contribution in [0.3, 0.4) is 0 Å². The molecule has 1 aliphatic carbocycles. The molecule has 0 amide bonds. The SMILES string of the molecule is Cc1ccc(C(O)CN2CCCC3CCCC32)cc1. The number of aryl methyl sites for hydroxylation is 1. The summed E-state index contributed by atoms with van der Waals surface area (Å²) in [5, 5.41) is 10.4. The molecule has 2 nitrogen and oxygen atoms in total. The van der Waals surface area contributed by atoms with Crippen molar-refractivity contribution in [3.05, 3.63) is 35.4 Å². The summed E-state index contributed by atoms with van der Waals surface area (Å²) in [5.41, 5.74) is 2.32. The average Bonchev–Trinajstić information content (AvgIpc) is 2.89. The van der Waals surface area contributed by atoms with Crippen molar-refractivity contribution >= 4 is 0 Å². The van der Waals surface area contributed by atoms with Crippen LogP contribution >= 0.6 is 0 Å². The lowest BCUT2D eigenvalue weighted by molar-refractivity contribution is 0.0507. The lowest BCUT2D eigenvalue weighted by atomic mass is 9.91. The van der Waals surface area contributed by atoms with Gasteiger partial charge < -0.3 is 5.11 Å². The molecule has 1 aliphatic heterocycles. The number of piperidine rings is 1. The summed E-state index contributed by atoms with van der Waals surface area (Å²) in [7, 11) is 0. The molecule has 3 unspecified atom stereocenters. The molecule has 1 saturated carbocycles. The van der Waals surface area contributed by atoms with Gasteiger partial charge in [0.1, 0.15) is 0 Å². The molecule has 0 spiro atoms. The smallest absolute Gasteiger partial charge is 0.0917 e. The van der Waals surface area contributed by atoms with Crippen LogP contribution in [0.4, 0.5) is 0 Å². The van der Waals surface area contributed by atoms with Crippen molar-refractivity contribution in [3.63, 3.8) is 0 Å². The number of aliphatic hydroxyl groups is 1. The van der Waals surface area contributed by atoms with E-state index in [2.05, 4.69) is 36.1 Å². The minimum Gasteiger partial charge on any atom is -0.387 e. The number of nitrogens with zero attached hydrogens (tertiary/aromatic N) is 1. The molecule has 2 fully saturated rings. The van der Waals surface area contributed by atoms with Crippen molar-refractivity contribution in [2.45, 2.75) is 51.2 Å². The van der Waals surface area contributed by atoms with Crippen molar-refractivity contribution in [2.75, 3.05) is 13.1 Å². The van der Waals surface area contributed by atoms with Crippen LogP contribution in [0.15, 0.2) is 24.3 Å². The van der Waals surface area contributed by atoms with E-state index in [4.69, 9.17) is 0 Å². The van der Waals surface area contributed by atoms with E-state index in [1.807, 2.05) is 0 Å². The number of likely N-dealkylation sites (tertiary alicyclic amines) is 1. The average molecular weight is 259 g/mol. The molecule has 2 aliphatic rings. The van der Waals surface area contributed by atoms with Gasteiger partial charge in [0.2, 0.25) is 0 Å². The number of hydrogen-bond donors (Lipinski definition) is 1. The molecule has 1 heterocycles. The van der Waals surface area contributed by atoms with Crippen LogP contribution in [-0.2, 0) is 0 Å². The van der Waals surface area contributed by atoms with Gasteiger partial charge in [0.15, 0.2) is 0 Å². The summed E-state index contributed by atoms with van der Waals surface area (Å²) in [6, 6.07) is 9.06. The summed E-state index contributed by atoms with van der Waals surface area (Å²) < 4.78 is 0. The highest BCUT2D eigenvalue weighted by Crippen LogP contribution is 2.37. The number of hydrogen-bond acceptors (Lipinski definition) is 2. The van der Waals surface area contributed by atoms with Gasteiger partial charge in [-0.05, 0) is 50.6 Å². The lowest BCUT2D eigenvalue weighted by Gasteiger charge is -2.38. The van der Waals surface area contributed by atoms with Crippen LogP contribution in [0.5, 0.6) is 0 Å². The minimum atomic E-state index is -0.333. The summed E-state index contributed by atoms with van der Waals surface area (Å²) in [6.07, 6.45) is 6.50. The highest BCUT2D eigenvalue weighted by Gasteiger charge is 2.35. The molecule has 2 heteroatoms. The van der Waals surface area contributed by atoms with Crippen LogP contribution in [0.25, 0.3) is 0 Å². The first-order chi connectivity index (χ1) is 9.24. The molecular weight excluding hydrogens is 234 g/mol. The predicted molar refractivity (Wildman–Crippen MR) is 78.1 cm³/mol. The largest absolute Gasteiger partial charge is 0.387 e. The van der Waals surface area contributed by atoms with Gasteiger partial charge in [0, 0.05) is 12.6 Å². The standard InChI is InChI=1S/C17H25NO/c1-13-7-9-15(10-8-13)17(19)12-18-11-3-5-14-4-2-6-16(14)18/h7-10,14,16-17,19H,2-6,11-12H2,1H3. The molecule has 104 valence electrons. The van der Waals surface area contributed by atoms with Crippen molar-refractivity contribution in [1.29, 1.82) is 0 Å². The van der Waals surface area contributed by atoms with Gasteiger partial charge in [-0.1, -0.05) is 36.2 Å². The van der Waals surface area contributed by atoms with Crippen molar-refractivity contribution in [2.24, 2.45) is 5.92 Å². The van der Waals surface area contributed by atoms with E-state index >= 15 is 0 Å². The van der Waals surface area contributed by atoms with Crippen LogP contribution in [0, 0.1) is 12.8 Å². The Morgan fingerprint density at radius 1 is 1.16 bits per heavy atom. The zero-order chi connectivity index (χ0) is 13.2. The molecule has 3 atom stereocenters. The van der Waals surface area contributed by atoms with Gasteiger partial charge in [-0.3, -0.25) is 4.90 Å². The Morgan fingerprint density at radius 3 is 2.68 bits per heavy atom. The normalized spacial score (nSPS) is 29.2. The highest BCUT2D eigenvalue weighted by atomic mass is 16.3. The first-order valence-corrected chi connectivity index (χ1v) is 7.73. The molecule has 0 bridgehead atoms. The van der Waals surface area contributed by atoms with Gasteiger partial charge in [-0.25, -0.2) is 0 Å². The predicted octanol–water partition coefficient (Wildman–Crippen LogP) is 3.29. The number of fused-ring (bicyclic) bond motifs is 1. The second-order valence-corrected chi connectivity index (χ2v) is 6.32. The van der Waals surface area contributed by atoms with Gasteiger partial charge in [-0.2, -0.15) is 0 Å². The second kappa shape index (κ2) is 5.64. The number of β-amino-alcohol motifs (C(OH)–C–C–N with tert-alkyl or cyclic N) is 1. The third kappa shape index (κ3) is 2.85. The third-order valence-electron chi connectivity index (χ3n) is 4.98. The number of benzene rings is 1. The Kier molecular flexibility index (Phi) is 3.90. The van der Waals surface area contributed by atoms with E-state index in [1.54, 1.807) is 0 Å². The van der Waals surface area contributed by atoms with Crippen molar-refractivity contribution < 1.29 is 5.11 Å².